The second-order valence-corrected chi connectivity index (χ2v) is 6.78. The van der Waals surface area contributed by atoms with E-state index in [1.165, 1.54) is 12.1 Å². The highest BCUT2D eigenvalue weighted by Gasteiger charge is 2.22. The van der Waals surface area contributed by atoms with Crippen LogP contribution in [0.1, 0.15) is 5.56 Å². The van der Waals surface area contributed by atoms with Crippen molar-refractivity contribution in [3.63, 3.8) is 0 Å². The zero-order valence-electron chi connectivity index (χ0n) is 10.8. The van der Waals surface area contributed by atoms with Gasteiger partial charge >= 0.3 is 0 Å². The van der Waals surface area contributed by atoms with E-state index in [4.69, 9.17) is 28.9 Å². The number of aryl methyl sites for hydroxylation is 1. The molecule has 0 fully saturated rings. The number of benzene rings is 2. The molecule has 0 aliphatic carbocycles. The lowest BCUT2D eigenvalue weighted by molar-refractivity contribution is 0.571. The largest absolute Gasteiger partial charge is 0.399 e. The number of nitrogen functional groups attached to an aromatic ring is 1. The van der Waals surface area contributed by atoms with Crippen LogP contribution in [0.25, 0.3) is 0 Å². The highest BCUT2D eigenvalue weighted by molar-refractivity contribution is 7.92. The molecule has 0 saturated heterocycles. The maximum atomic E-state index is 13.8. The quantitative estimate of drug-likeness (QED) is 0.828. The minimum atomic E-state index is -4.17. The first-order valence-electron chi connectivity index (χ1n) is 5.75. The molecule has 4 nitrogen and oxygen atoms in total. The average Bonchev–Trinajstić information content (AvgIpc) is 2.39. The van der Waals surface area contributed by atoms with Crippen molar-refractivity contribution >= 4 is 44.6 Å². The van der Waals surface area contributed by atoms with Gasteiger partial charge in [0.1, 0.15) is 10.7 Å². The predicted octanol–water partition coefficient (Wildman–Crippen LogP) is 3.82. The van der Waals surface area contributed by atoms with Crippen molar-refractivity contribution in [1.82, 2.24) is 0 Å². The average molecular weight is 349 g/mol. The molecule has 0 saturated carbocycles. The van der Waals surface area contributed by atoms with Crippen LogP contribution in [0.5, 0.6) is 0 Å². The maximum absolute atomic E-state index is 13.8. The fourth-order valence-electron chi connectivity index (χ4n) is 1.67. The molecule has 0 aliphatic rings. The van der Waals surface area contributed by atoms with Gasteiger partial charge in [0.2, 0.25) is 0 Å². The molecule has 0 amide bonds. The van der Waals surface area contributed by atoms with Gasteiger partial charge in [0.15, 0.2) is 0 Å². The number of sulfonamides is 1. The number of hydrogen-bond acceptors (Lipinski definition) is 3. The molecule has 0 unspecified atom stereocenters. The van der Waals surface area contributed by atoms with E-state index in [-0.39, 0.29) is 21.4 Å². The van der Waals surface area contributed by atoms with Gasteiger partial charge in [-0.1, -0.05) is 29.3 Å². The summed E-state index contributed by atoms with van der Waals surface area (Å²) in [6.45, 7) is 1.69. The predicted molar refractivity (Wildman–Crippen MR) is 82.8 cm³/mol. The van der Waals surface area contributed by atoms with Gasteiger partial charge in [0.25, 0.3) is 10.0 Å². The Labute approximate surface area is 131 Å². The number of rotatable bonds is 3. The highest BCUT2D eigenvalue weighted by Crippen LogP contribution is 2.34. The summed E-state index contributed by atoms with van der Waals surface area (Å²) in [7, 11) is -4.17. The summed E-state index contributed by atoms with van der Waals surface area (Å²) < 4.78 is 40.4. The summed E-state index contributed by atoms with van der Waals surface area (Å²) in [6, 6.07) is 6.43. The van der Waals surface area contributed by atoms with Gasteiger partial charge in [-0.25, -0.2) is 12.8 Å². The Bertz CT molecular complexity index is 810. The Kier molecular flexibility index (Phi) is 4.32. The van der Waals surface area contributed by atoms with Crippen molar-refractivity contribution in [2.24, 2.45) is 0 Å². The molecule has 0 atom stereocenters. The topological polar surface area (TPSA) is 72.2 Å². The lowest BCUT2D eigenvalue weighted by atomic mass is 10.2. The van der Waals surface area contributed by atoms with E-state index in [1.54, 1.807) is 13.0 Å². The second-order valence-electron chi connectivity index (χ2n) is 4.35. The summed E-state index contributed by atoms with van der Waals surface area (Å²) in [4.78, 5) is -0.537. The van der Waals surface area contributed by atoms with Gasteiger partial charge < -0.3 is 5.73 Å². The fraction of sp³-hybridized carbons (Fsp3) is 0.0769. The van der Waals surface area contributed by atoms with E-state index in [0.717, 1.165) is 12.1 Å². The van der Waals surface area contributed by atoms with Crippen molar-refractivity contribution in [2.45, 2.75) is 11.8 Å². The zero-order valence-corrected chi connectivity index (χ0v) is 13.2. The summed E-state index contributed by atoms with van der Waals surface area (Å²) in [6.07, 6.45) is 0. The minimum Gasteiger partial charge on any atom is -0.399 e. The molecule has 0 radical (unpaired) electrons. The van der Waals surface area contributed by atoms with Gasteiger partial charge in [-0.2, -0.15) is 0 Å². The summed E-state index contributed by atoms with van der Waals surface area (Å²) in [5.74, 6) is -0.956. The molecule has 0 spiro atoms. The Morgan fingerprint density at radius 2 is 1.86 bits per heavy atom. The van der Waals surface area contributed by atoms with E-state index in [0.29, 0.717) is 5.56 Å². The van der Waals surface area contributed by atoms with Gasteiger partial charge in [-0.3, -0.25) is 4.72 Å². The van der Waals surface area contributed by atoms with Gasteiger partial charge in [-0.15, -0.1) is 0 Å². The third-order valence-corrected chi connectivity index (χ3v) is 4.95. The normalized spacial score (nSPS) is 11.4. The molecular weight excluding hydrogens is 338 g/mol. The van der Waals surface area contributed by atoms with Crippen molar-refractivity contribution in [3.8, 4) is 0 Å². The summed E-state index contributed by atoms with van der Waals surface area (Å²) in [5.41, 5.74) is 6.16. The molecule has 21 heavy (non-hydrogen) atoms. The van der Waals surface area contributed by atoms with Crippen LogP contribution < -0.4 is 10.5 Å². The molecule has 3 N–H and O–H groups in total. The lowest BCUT2D eigenvalue weighted by Gasteiger charge is -2.13. The van der Waals surface area contributed by atoms with E-state index in [9.17, 15) is 12.8 Å². The first-order valence-corrected chi connectivity index (χ1v) is 7.99. The standard InChI is InChI=1S/C13H11Cl2FN2O2S/c1-7-2-4-9(14)13(12(7)15)18-21(19,20)11-5-3-8(17)6-10(11)16/h2-6,18H,17H2,1H3. The Morgan fingerprint density at radius 3 is 2.48 bits per heavy atom. The SMILES string of the molecule is Cc1ccc(Cl)c(NS(=O)(=O)c2ccc(N)cc2F)c1Cl. The highest BCUT2D eigenvalue weighted by atomic mass is 35.5. The third kappa shape index (κ3) is 3.23. The van der Waals surface area contributed by atoms with E-state index in [1.807, 2.05) is 0 Å². The van der Waals surface area contributed by atoms with Gasteiger partial charge in [0.05, 0.1) is 15.7 Å². The van der Waals surface area contributed by atoms with Crippen molar-refractivity contribution in [1.29, 1.82) is 0 Å². The molecule has 0 aliphatic heterocycles. The van der Waals surface area contributed by atoms with Crippen LogP contribution in [0.2, 0.25) is 10.0 Å². The Morgan fingerprint density at radius 1 is 1.19 bits per heavy atom. The van der Waals surface area contributed by atoms with Gasteiger partial charge in [0, 0.05) is 5.69 Å². The van der Waals surface area contributed by atoms with Crippen molar-refractivity contribution in [3.05, 3.63) is 51.8 Å². The van der Waals surface area contributed by atoms with E-state index < -0.39 is 20.7 Å². The Balaban J connectivity index is 2.50. The first kappa shape index (κ1) is 15.9. The summed E-state index contributed by atoms with van der Waals surface area (Å²) in [5, 5.41) is 0.270. The van der Waals surface area contributed by atoms with Crippen LogP contribution in [0, 0.1) is 12.7 Å². The van der Waals surface area contributed by atoms with E-state index >= 15 is 0 Å². The molecule has 2 aromatic rings. The Hall–Kier alpha value is -1.50. The van der Waals surface area contributed by atoms with Crippen LogP contribution in [-0.4, -0.2) is 8.42 Å². The monoisotopic (exact) mass is 348 g/mol. The summed E-state index contributed by atoms with van der Waals surface area (Å²) >= 11 is 12.0. The van der Waals surface area contributed by atoms with Crippen LogP contribution in [0.4, 0.5) is 15.8 Å². The number of halogens is 3. The lowest BCUT2D eigenvalue weighted by Crippen LogP contribution is -2.15. The second kappa shape index (κ2) is 5.71. The maximum Gasteiger partial charge on any atom is 0.264 e. The molecule has 2 rings (SSSR count). The van der Waals surface area contributed by atoms with E-state index in [2.05, 4.69) is 4.72 Å². The molecule has 8 heteroatoms. The molecule has 0 heterocycles. The molecule has 0 bridgehead atoms. The zero-order chi connectivity index (χ0) is 15.8. The van der Waals surface area contributed by atoms with Gasteiger partial charge in [-0.05, 0) is 36.8 Å². The minimum absolute atomic E-state index is 0.00885. The number of hydrogen-bond donors (Lipinski definition) is 2. The third-order valence-electron chi connectivity index (χ3n) is 2.77. The number of anilines is 2. The van der Waals surface area contributed by atoms with Crippen LogP contribution in [-0.2, 0) is 10.0 Å². The van der Waals surface area contributed by atoms with Crippen LogP contribution >= 0.6 is 23.2 Å². The number of nitrogens with two attached hydrogens (primary N) is 1. The van der Waals surface area contributed by atoms with Crippen LogP contribution in [0.15, 0.2) is 35.2 Å². The fourth-order valence-corrected chi connectivity index (χ4v) is 3.41. The van der Waals surface area contributed by atoms with Crippen molar-refractivity contribution in [2.75, 3.05) is 10.5 Å². The molecule has 2 aromatic carbocycles. The van der Waals surface area contributed by atoms with Crippen LogP contribution in [0.3, 0.4) is 0 Å². The molecule has 0 aromatic heterocycles. The molecule has 112 valence electrons. The van der Waals surface area contributed by atoms with Crippen molar-refractivity contribution < 1.29 is 12.8 Å². The number of nitrogens with one attached hydrogen (secondary N) is 1. The molecular formula is C13H11Cl2FN2O2S. The smallest absolute Gasteiger partial charge is 0.264 e. The first-order chi connectivity index (χ1) is 9.72.